The highest BCUT2D eigenvalue weighted by atomic mass is 35.5. The molecule has 0 spiro atoms. The summed E-state index contributed by atoms with van der Waals surface area (Å²) >= 11 is 5.92. The summed E-state index contributed by atoms with van der Waals surface area (Å²) in [6.07, 6.45) is 1.99. The maximum atomic E-state index is 12.2. The quantitative estimate of drug-likeness (QED) is 0.879. The number of anilines is 1. The molecule has 0 atom stereocenters. The normalized spacial score (nSPS) is 11.4. The maximum Gasteiger partial charge on any atom is 0.180 e. The van der Waals surface area contributed by atoms with E-state index in [1.54, 1.807) is 18.3 Å². The molecule has 1 aromatic carbocycles. The summed E-state index contributed by atoms with van der Waals surface area (Å²) in [7, 11) is -3.43. The van der Waals surface area contributed by atoms with Crippen molar-refractivity contribution < 1.29 is 8.42 Å². The molecule has 0 saturated carbocycles. The van der Waals surface area contributed by atoms with Crippen molar-refractivity contribution >= 4 is 27.1 Å². The van der Waals surface area contributed by atoms with Crippen molar-refractivity contribution in [3.63, 3.8) is 0 Å². The number of aryl methyl sites for hydroxylation is 1. The van der Waals surface area contributed by atoms with Crippen LogP contribution in [0.15, 0.2) is 47.5 Å². The fraction of sp³-hybridized carbons (Fsp3) is 0.154. The van der Waals surface area contributed by atoms with Crippen molar-refractivity contribution in [2.75, 3.05) is 11.5 Å². The molecule has 2 rings (SSSR count). The second-order valence-corrected chi connectivity index (χ2v) is 6.56. The van der Waals surface area contributed by atoms with E-state index in [-0.39, 0.29) is 15.7 Å². The maximum absolute atomic E-state index is 12.2. The van der Waals surface area contributed by atoms with Gasteiger partial charge >= 0.3 is 0 Å². The predicted molar refractivity (Wildman–Crippen MR) is 75.9 cm³/mol. The number of benzene rings is 1. The number of rotatable bonds is 4. The number of nitrogens with two attached hydrogens (primary N) is 1. The zero-order chi connectivity index (χ0) is 13.9. The van der Waals surface area contributed by atoms with Crippen molar-refractivity contribution in [1.29, 1.82) is 0 Å². The standard InChI is InChI=1S/C13H13ClN2O2S/c14-12-9-10(15)4-5-13(12)19(17,18)8-6-11-3-1-2-7-16-11/h1-5,7,9H,6,8,15H2. The van der Waals surface area contributed by atoms with E-state index in [0.717, 1.165) is 5.69 Å². The lowest BCUT2D eigenvalue weighted by Crippen LogP contribution is -2.10. The van der Waals surface area contributed by atoms with Gasteiger partial charge < -0.3 is 5.73 Å². The van der Waals surface area contributed by atoms with Crippen LogP contribution in [0.5, 0.6) is 0 Å². The van der Waals surface area contributed by atoms with Crippen molar-refractivity contribution in [2.24, 2.45) is 0 Å². The molecule has 0 bridgehead atoms. The third-order valence-electron chi connectivity index (χ3n) is 2.64. The molecule has 2 N–H and O–H groups in total. The Morgan fingerprint density at radius 2 is 2.00 bits per heavy atom. The Balaban J connectivity index is 2.19. The molecular weight excluding hydrogens is 284 g/mol. The minimum absolute atomic E-state index is 0.0341. The van der Waals surface area contributed by atoms with Crippen LogP contribution in [0.25, 0.3) is 0 Å². The van der Waals surface area contributed by atoms with Gasteiger partial charge in [-0.05, 0) is 30.3 Å². The van der Waals surface area contributed by atoms with E-state index >= 15 is 0 Å². The summed E-state index contributed by atoms with van der Waals surface area (Å²) in [5.74, 6) is -0.0341. The summed E-state index contributed by atoms with van der Waals surface area (Å²) in [4.78, 5) is 4.21. The number of nitrogens with zero attached hydrogens (tertiary/aromatic N) is 1. The fourth-order valence-electron chi connectivity index (χ4n) is 1.66. The van der Waals surface area contributed by atoms with E-state index in [1.165, 1.54) is 18.2 Å². The Bertz CT molecular complexity index is 672. The topological polar surface area (TPSA) is 73.1 Å². The molecule has 0 amide bonds. The number of sulfone groups is 1. The summed E-state index contributed by atoms with van der Waals surface area (Å²) in [6.45, 7) is 0. The van der Waals surface area contributed by atoms with Crippen molar-refractivity contribution in [2.45, 2.75) is 11.3 Å². The van der Waals surface area contributed by atoms with Crippen LogP contribution in [-0.4, -0.2) is 19.2 Å². The monoisotopic (exact) mass is 296 g/mol. The lowest BCUT2D eigenvalue weighted by atomic mass is 10.3. The molecule has 4 nitrogen and oxygen atoms in total. The molecule has 1 heterocycles. The zero-order valence-corrected chi connectivity index (χ0v) is 11.7. The Kier molecular flexibility index (Phi) is 4.07. The predicted octanol–water partition coefficient (Wildman–Crippen LogP) is 2.33. The van der Waals surface area contributed by atoms with Gasteiger partial charge in [-0.3, -0.25) is 4.98 Å². The number of halogens is 1. The van der Waals surface area contributed by atoms with Crippen LogP contribution in [0.1, 0.15) is 5.69 Å². The lowest BCUT2D eigenvalue weighted by molar-refractivity contribution is 0.595. The molecule has 0 aliphatic carbocycles. The van der Waals surface area contributed by atoms with Gasteiger partial charge in [-0.15, -0.1) is 0 Å². The van der Waals surface area contributed by atoms with E-state index in [9.17, 15) is 8.42 Å². The molecule has 2 aromatic rings. The minimum atomic E-state index is -3.43. The Morgan fingerprint density at radius 3 is 2.63 bits per heavy atom. The van der Waals surface area contributed by atoms with Crippen LogP contribution in [-0.2, 0) is 16.3 Å². The number of hydrogen-bond acceptors (Lipinski definition) is 4. The highest BCUT2D eigenvalue weighted by molar-refractivity contribution is 7.91. The second kappa shape index (κ2) is 5.59. The van der Waals surface area contributed by atoms with Gasteiger partial charge in [0.25, 0.3) is 0 Å². The minimum Gasteiger partial charge on any atom is -0.399 e. The highest BCUT2D eigenvalue weighted by Crippen LogP contribution is 2.25. The van der Waals surface area contributed by atoms with E-state index in [0.29, 0.717) is 12.1 Å². The summed E-state index contributed by atoms with van der Waals surface area (Å²) in [6, 6.07) is 9.81. The number of aromatic nitrogens is 1. The molecule has 0 saturated heterocycles. The van der Waals surface area contributed by atoms with Crippen molar-refractivity contribution in [3.05, 3.63) is 53.3 Å². The van der Waals surface area contributed by atoms with Gasteiger partial charge in [0.15, 0.2) is 9.84 Å². The third kappa shape index (κ3) is 3.45. The van der Waals surface area contributed by atoms with Crippen LogP contribution in [0.3, 0.4) is 0 Å². The Labute approximate surface area is 117 Å². The largest absolute Gasteiger partial charge is 0.399 e. The van der Waals surface area contributed by atoms with Crippen molar-refractivity contribution in [1.82, 2.24) is 4.98 Å². The molecule has 0 fully saturated rings. The van der Waals surface area contributed by atoms with Crippen LogP contribution in [0, 0.1) is 0 Å². The second-order valence-electron chi connectivity index (χ2n) is 4.08. The molecule has 0 aliphatic heterocycles. The summed E-state index contributed by atoms with van der Waals surface area (Å²) in [5, 5.41) is 0.154. The van der Waals surface area contributed by atoms with Gasteiger partial charge in [-0.2, -0.15) is 0 Å². The third-order valence-corrected chi connectivity index (χ3v) is 4.84. The summed E-state index contributed by atoms with van der Waals surface area (Å²) in [5.41, 5.74) is 6.72. The Hall–Kier alpha value is -1.59. The number of hydrogen-bond donors (Lipinski definition) is 1. The van der Waals surface area contributed by atoms with Gasteiger partial charge in [0.1, 0.15) is 0 Å². The first-order chi connectivity index (χ1) is 8.99. The summed E-state index contributed by atoms with van der Waals surface area (Å²) < 4.78 is 24.4. The van der Waals surface area contributed by atoms with E-state index < -0.39 is 9.84 Å². The number of pyridine rings is 1. The van der Waals surface area contributed by atoms with Crippen LogP contribution in [0.2, 0.25) is 5.02 Å². The molecule has 100 valence electrons. The first kappa shape index (κ1) is 13.8. The van der Waals surface area contributed by atoms with Crippen LogP contribution in [0.4, 0.5) is 5.69 Å². The zero-order valence-electron chi connectivity index (χ0n) is 10.1. The molecule has 6 heteroatoms. The van der Waals surface area contributed by atoms with Crippen molar-refractivity contribution in [3.8, 4) is 0 Å². The molecule has 0 aliphatic rings. The first-order valence-corrected chi connectivity index (χ1v) is 7.70. The van der Waals surface area contributed by atoms with Gasteiger partial charge in [0.05, 0.1) is 15.7 Å². The number of nitrogen functional groups attached to an aromatic ring is 1. The molecular formula is C13H13ClN2O2S. The lowest BCUT2D eigenvalue weighted by Gasteiger charge is -2.07. The smallest absolute Gasteiger partial charge is 0.180 e. The Morgan fingerprint density at radius 1 is 1.21 bits per heavy atom. The van der Waals surface area contributed by atoms with Crippen LogP contribution >= 0.6 is 11.6 Å². The average Bonchev–Trinajstić information content (AvgIpc) is 2.37. The van der Waals surface area contributed by atoms with Gasteiger partial charge in [-0.1, -0.05) is 17.7 Å². The molecule has 0 unspecified atom stereocenters. The van der Waals surface area contributed by atoms with E-state index in [4.69, 9.17) is 17.3 Å². The first-order valence-electron chi connectivity index (χ1n) is 5.67. The SMILES string of the molecule is Nc1ccc(S(=O)(=O)CCc2ccccn2)c(Cl)c1. The van der Waals surface area contributed by atoms with Crippen LogP contribution < -0.4 is 5.73 Å². The molecule has 0 radical (unpaired) electrons. The van der Waals surface area contributed by atoms with Gasteiger partial charge in [0.2, 0.25) is 0 Å². The van der Waals surface area contributed by atoms with E-state index in [2.05, 4.69) is 4.98 Å². The average molecular weight is 297 g/mol. The van der Waals surface area contributed by atoms with Gasteiger partial charge in [0, 0.05) is 24.0 Å². The fourth-order valence-corrected chi connectivity index (χ4v) is 3.54. The highest BCUT2D eigenvalue weighted by Gasteiger charge is 2.18. The molecule has 1 aromatic heterocycles. The van der Waals surface area contributed by atoms with E-state index in [1.807, 2.05) is 6.07 Å². The molecule has 19 heavy (non-hydrogen) atoms. The van der Waals surface area contributed by atoms with Gasteiger partial charge in [-0.25, -0.2) is 8.42 Å².